The first kappa shape index (κ1) is 13.7. The summed E-state index contributed by atoms with van der Waals surface area (Å²) in [6.07, 6.45) is -1.03. The van der Waals surface area contributed by atoms with Crippen LogP contribution < -0.4 is 5.90 Å². The first-order valence-electron chi connectivity index (χ1n) is 3.80. The number of hydrogen-bond donors (Lipinski definition) is 3. The molecule has 0 aromatic heterocycles. The summed E-state index contributed by atoms with van der Waals surface area (Å²) in [4.78, 5) is 35.7. The molecule has 0 aliphatic rings. The maximum atomic E-state index is 10.8. The molecule has 0 fully saturated rings. The Bertz CT molecular complexity index is 347. The fourth-order valence-corrected chi connectivity index (χ4v) is 0.936. The van der Waals surface area contributed by atoms with Crippen molar-refractivity contribution in [1.82, 2.24) is 0 Å². The highest BCUT2D eigenvalue weighted by atomic mass is 16.7. The minimum Gasteiger partial charge on any atom is -0.481 e. The van der Waals surface area contributed by atoms with Crippen LogP contribution in [-0.4, -0.2) is 33.7 Å². The summed E-state index contributed by atoms with van der Waals surface area (Å²) >= 11 is 0. The molecule has 0 amide bonds. The Hall–Kier alpha value is -2.34. The van der Waals surface area contributed by atoms with E-state index in [4.69, 9.17) is 15.5 Å². The lowest BCUT2D eigenvalue weighted by atomic mass is 9.95. The number of hydrogen-bond acceptors (Lipinski definition) is 7. The van der Waals surface area contributed by atoms with Gasteiger partial charge in [-0.1, -0.05) is 0 Å². The Balaban J connectivity index is 5.09. The molecule has 9 heteroatoms. The van der Waals surface area contributed by atoms with E-state index >= 15 is 0 Å². The van der Waals surface area contributed by atoms with Gasteiger partial charge in [-0.25, -0.2) is 4.79 Å². The van der Waals surface area contributed by atoms with Crippen LogP contribution in [0.5, 0.6) is 0 Å². The molecule has 0 rings (SSSR count). The van der Waals surface area contributed by atoms with Crippen LogP contribution in [0.2, 0.25) is 0 Å². The number of nitrogens with two attached hydrogens (primary N) is 1. The lowest BCUT2D eigenvalue weighted by Crippen LogP contribution is -2.45. The summed E-state index contributed by atoms with van der Waals surface area (Å²) in [5, 5.41) is 25.5. The highest BCUT2D eigenvalue weighted by molar-refractivity contribution is 5.88. The van der Waals surface area contributed by atoms with Crippen LogP contribution in [0.15, 0.2) is 0 Å². The van der Waals surface area contributed by atoms with Crippen molar-refractivity contribution in [1.29, 1.82) is 5.26 Å². The smallest absolute Gasteiger partial charge is 0.350 e. The molecule has 0 radical (unpaired) electrons. The van der Waals surface area contributed by atoms with Crippen LogP contribution in [-0.2, 0) is 24.0 Å². The quantitative estimate of drug-likeness (QED) is 0.369. The van der Waals surface area contributed by atoms with Gasteiger partial charge in [0, 0.05) is 0 Å². The molecule has 9 nitrogen and oxygen atoms in total. The molecular formula is C7H8N2O7. The fraction of sp³-hybridized carbons (Fsp3) is 0.429. The van der Waals surface area contributed by atoms with Crippen molar-refractivity contribution in [2.45, 2.75) is 18.4 Å². The molecule has 0 aliphatic carbocycles. The van der Waals surface area contributed by atoms with Gasteiger partial charge in [-0.2, -0.15) is 11.2 Å². The zero-order valence-corrected chi connectivity index (χ0v) is 7.87. The number of carbonyl (C=O) groups is 3. The topological polar surface area (TPSA) is 160 Å². The molecule has 0 aromatic rings. The van der Waals surface area contributed by atoms with Crippen LogP contribution in [0, 0.1) is 11.5 Å². The molecule has 1 unspecified atom stereocenters. The van der Waals surface area contributed by atoms with E-state index in [9.17, 15) is 14.4 Å². The monoisotopic (exact) mass is 232 g/mol. The number of carboxylic acids is 2. The Morgan fingerprint density at radius 3 is 2.19 bits per heavy atom. The second kappa shape index (κ2) is 5.52. The van der Waals surface area contributed by atoms with Crippen molar-refractivity contribution >= 4 is 17.9 Å². The van der Waals surface area contributed by atoms with Crippen molar-refractivity contribution in [2.75, 3.05) is 0 Å². The molecule has 0 spiro atoms. The Morgan fingerprint density at radius 1 is 1.31 bits per heavy atom. The molecular weight excluding hydrogens is 224 g/mol. The molecule has 0 aliphatic heterocycles. The van der Waals surface area contributed by atoms with E-state index in [0.717, 1.165) is 6.26 Å². The zero-order chi connectivity index (χ0) is 12.8. The van der Waals surface area contributed by atoms with Gasteiger partial charge in [0.15, 0.2) is 0 Å². The highest BCUT2D eigenvalue weighted by Crippen LogP contribution is 2.21. The zero-order valence-electron chi connectivity index (χ0n) is 7.87. The molecule has 88 valence electrons. The van der Waals surface area contributed by atoms with E-state index in [1.54, 1.807) is 0 Å². The minimum atomic E-state index is -2.50. The minimum absolute atomic E-state index is 0.987. The number of carboxylic acid groups (broad SMARTS) is 2. The third-order valence-corrected chi connectivity index (χ3v) is 1.63. The third-order valence-electron chi connectivity index (χ3n) is 1.63. The Morgan fingerprint density at radius 2 is 1.88 bits per heavy atom. The van der Waals surface area contributed by atoms with E-state index < -0.39 is 36.4 Å². The van der Waals surface area contributed by atoms with Gasteiger partial charge in [0.2, 0.25) is 5.60 Å². The summed E-state index contributed by atoms with van der Waals surface area (Å²) in [6, 6.07) is 0. The maximum absolute atomic E-state index is 10.8. The summed E-state index contributed by atoms with van der Waals surface area (Å²) in [7, 11) is 0. The van der Waals surface area contributed by atoms with E-state index in [1.807, 2.05) is 0 Å². The van der Waals surface area contributed by atoms with Crippen molar-refractivity contribution in [2.24, 2.45) is 5.90 Å². The molecule has 0 heterocycles. The SMILES string of the molecule is N#COC(CC(=O)O)(CC(=O)ON)C(=O)O. The summed E-state index contributed by atoms with van der Waals surface area (Å²) in [6.45, 7) is 0. The normalized spacial score (nSPS) is 13.0. The molecule has 0 saturated carbocycles. The summed E-state index contributed by atoms with van der Waals surface area (Å²) in [5.74, 6) is -0.0607. The number of ether oxygens (including phenoxy) is 1. The Kier molecular flexibility index (Phi) is 4.71. The third kappa shape index (κ3) is 3.43. The van der Waals surface area contributed by atoms with Gasteiger partial charge < -0.3 is 19.8 Å². The number of rotatable bonds is 6. The summed E-state index contributed by atoms with van der Waals surface area (Å²) < 4.78 is 4.14. The first-order valence-corrected chi connectivity index (χ1v) is 3.80. The fourth-order valence-electron chi connectivity index (χ4n) is 0.936. The second-order valence-electron chi connectivity index (χ2n) is 2.73. The largest absolute Gasteiger partial charge is 0.481 e. The average molecular weight is 232 g/mol. The van der Waals surface area contributed by atoms with Gasteiger partial charge in [0.25, 0.3) is 6.26 Å². The van der Waals surface area contributed by atoms with E-state index in [2.05, 4.69) is 15.5 Å². The molecule has 4 N–H and O–H groups in total. The van der Waals surface area contributed by atoms with Gasteiger partial charge in [-0.15, -0.1) is 0 Å². The van der Waals surface area contributed by atoms with E-state index in [0.29, 0.717) is 0 Å². The number of carbonyl (C=O) groups excluding carboxylic acids is 1. The summed E-state index contributed by atoms with van der Waals surface area (Å²) in [5.41, 5.74) is -2.50. The molecule has 0 saturated heterocycles. The number of nitriles is 1. The van der Waals surface area contributed by atoms with Crippen LogP contribution in [0.25, 0.3) is 0 Å². The van der Waals surface area contributed by atoms with Gasteiger partial charge in [0.1, 0.15) is 0 Å². The number of aliphatic carboxylic acids is 2. The lowest BCUT2D eigenvalue weighted by Gasteiger charge is -2.22. The molecule has 1 atom stereocenters. The molecule has 0 aromatic carbocycles. The van der Waals surface area contributed by atoms with Crippen molar-refractivity contribution < 1.29 is 34.2 Å². The van der Waals surface area contributed by atoms with Gasteiger partial charge in [-0.3, -0.25) is 9.59 Å². The predicted octanol–water partition coefficient (Wildman–Crippen LogP) is -1.41. The lowest BCUT2D eigenvalue weighted by molar-refractivity contribution is -0.171. The van der Waals surface area contributed by atoms with Crippen LogP contribution >= 0.6 is 0 Å². The van der Waals surface area contributed by atoms with E-state index in [-0.39, 0.29) is 0 Å². The first-order chi connectivity index (χ1) is 7.38. The van der Waals surface area contributed by atoms with Crippen LogP contribution in [0.1, 0.15) is 12.8 Å². The predicted molar refractivity (Wildman–Crippen MR) is 44.2 cm³/mol. The van der Waals surface area contributed by atoms with Crippen molar-refractivity contribution in [3.8, 4) is 6.26 Å². The van der Waals surface area contributed by atoms with Crippen molar-refractivity contribution in [3.05, 3.63) is 0 Å². The Labute approximate surface area is 88.9 Å². The van der Waals surface area contributed by atoms with Crippen LogP contribution in [0.3, 0.4) is 0 Å². The standard InChI is InChI=1S/C7H8N2O7/c8-3-15-7(6(13)14,1-4(10)11)2-5(12)16-9/h1-2,9H2,(H,10,11)(H,13,14). The number of nitrogens with zero attached hydrogens (tertiary/aromatic N) is 1. The van der Waals surface area contributed by atoms with E-state index in [1.165, 1.54) is 0 Å². The second-order valence-corrected chi connectivity index (χ2v) is 2.73. The highest BCUT2D eigenvalue weighted by Gasteiger charge is 2.46. The maximum Gasteiger partial charge on any atom is 0.350 e. The van der Waals surface area contributed by atoms with Gasteiger partial charge >= 0.3 is 17.9 Å². The van der Waals surface area contributed by atoms with Crippen molar-refractivity contribution in [3.63, 3.8) is 0 Å². The van der Waals surface area contributed by atoms with Gasteiger partial charge in [0.05, 0.1) is 12.8 Å². The van der Waals surface area contributed by atoms with Gasteiger partial charge in [-0.05, 0) is 0 Å². The molecule has 16 heavy (non-hydrogen) atoms. The molecule has 0 bridgehead atoms. The van der Waals surface area contributed by atoms with Crippen LogP contribution in [0.4, 0.5) is 0 Å². The average Bonchev–Trinajstić information content (AvgIpc) is 2.16.